The summed E-state index contributed by atoms with van der Waals surface area (Å²) in [6, 6.07) is 9.53. The Labute approximate surface area is 161 Å². The average molecular weight is 379 g/mol. The molecular weight excluding hydrogens is 358 g/mol. The molecule has 2 aromatic heterocycles. The Bertz CT molecular complexity index is 1010. The molecule has 2 unspecified atom stereocenters. The number of carbonyl (C=O) groups is 1. The fourth-order valence-electron chi connectivity index (χ4n) is 3.13. The van der Waals surface area contributed by atoms with Crippen molar-refractivity contribution in [3.63, 3.8) is 0 Å². The van der Waals surface area contributed by atoms with Gasteiger partial charge in [-0.15, -0.1) is 0 Å². The van der Waals surface area contributed by atoms with Gasteiger partial charge in [0.25, 0.3) is 5.91 Å². The Morgan fingerprint density at radius 3 is 2.89 bits per heavy atom. The Morgan fingerprint density at radius 1 is 1.21 bits per heavy atom. The van der Waals surface area contributed by atoms with E-state index in [4.69, 9.17) is 16.2 Å². The molecule has 1 aromatic carbocycles. The molecule has 0 saturated carbocycles. The third-order valence-corrected chi connectivity index (χ3v) is 4.59. The van der Waals surface area contributed by atoms with Crippen molar-refractivity contribution in [2.24, 2.45) is 11.5 Å². The molecule has 144 valence electrons. The van der Waals surface area contributed by atoms with Gasteiger partial charge in [0.05, 0.1) is 30.2 Å². The van der Waals surface area contributed by atoms with Crippen molar-refractivity contribution in [2.75, 3.05) is 23.8 Å². The zero-order valence-electron chi connectivity index (χ0n) is 15.1. The van der Waals surface area contributed by atoms with Gasteiger partial charge in [-0.1, -0.05) is 18.2 Å². The number of hydrogen-bond acceptors (Lipinski definition) is 8. The van der Waals surface area contributed by atoms with Gasteiger partial charge in [-0.3, -0.25) is 9.78 Å². The highest BCUT2D eigenvalue weighted by Gasteiger charge is 2.23. The van der Waals surface area contributed by atoms with E-state index in [1.54, 1.807) is 6.20 Å². The largest absolute Gasteiger partial charge is 0.380 e. The third kappa shape index (κ3) is 3.85. The Kier molecular flexibility index (Phi) is 5.00. The van der Waals surface area contributed by atoms with Crippen molar-refractivity contribution in [1.82, 2.24) is 15.0 Å². The van der Waals surface area contributed by atoms with Crippen molar-refractivity contribution in [3.05, 3.63) is 48.4 Å². The van der Waals surface area contributed by atoms with Gasteiger partial charge in [0, 0.05) is 24.1 Å². The number of benzene rings is 1. The summed E-state index contributed by atoms with van der Waals surface area (Å²) < 4.78 is 5.36. The summed E-state index contributed by atoms with van der Waals surface area (Å²) >= 11 is 0. The monoisotopic (exact) mass is 379 g/mol. The molecule has 1 amide bonds. The summed E-state index contributed by atoms with van der Waals surface area (Å²) in [6.45, 7) is 1.12. The molecule has 0 bridgehead atoms. The number of carbonyl (C=O) groups excluding carboxylic acids is 1. The van der Waals surface area contributed by atoms with Crippen molar-refractivity contribution in [1.29, 1.82) is 0 Å². The summed E-state index contributed by atoms with van der Waals surface area (Å²) in [5.74, 6) is 0.0943. The van der Waals surface area contributed by atoms with Gasteiger partial charge in [-0.05, 0) is 18.6 Å². The number of aromatic nitrogens is 3. The lowest BCUT2D eigenvalue weighted by Crippen LogP contribution is -2.47. The normalized spacial score (nSPS) is 19.3. The molecule has 1 saturated heterocycles. The minimum absolute atomic E-state index is 0.0117. The number of pyridine rings is 1. The Balaban J connectivity index is 1.62. The lowest BCUT2D eigenvalue weighted by atomic mass is 10.0. The van der Waals surface area contributed by atoms with Gasteiger partial charge < -0.3 is 26.8 Å². The minimum Gasteiger partial charge on any atom is -0.380 e. The van der Waals surface area contributed by atoms with Gasteiger partial charge >= 0.3 is 0 Å². The summed E-state index contributed by atoms with van der Waals surface area (Å²) in [7, 11) is 0. The van der Waals surface area contributed by atoms with Crippen molar-refractivity contribution in [3.8, 4) is 0 Å². The molecule has 1 aliphatic heterocycles. The second-order valence-electron chi connectivity index (χ2n) is 6.64. The maximum absolute atomic E-state index is 11.8. The molecule has 4 rings (SSSR count). The van der Waals surface area contributed by atoms with E-state index in [1.165, 1.54) is 6.20 Å². The lowest BCUT2D eigenvalue weighted by molar-refractivity contribution is 0.0752. The summed E-state index contributed by atoms with van der Waals surface area (Å²) in [6.07, 6.45) is 3.91. The fraction of sp³-hybridized carbons (Fsp3) is 0.263. The van der Waals surface area contributed by atoms with E-state index < -0.39 is 5.91 Å². The number of para-hydroxylation sites is 1. The zero-order chi connectivity index (χ0) is 19.5. The molecule has 1 aliphatic rings. The molecule has 6 N–H and O–H groups in total. The summed E-state index contributed by atoms with van der Waals surface area (Å²) in [4.78, 5) is 24.9. The van der Waals surface area contributed by atoms with E-state index in [1.807, 2.05) is 30.3 Å². The van der Waals surface area contributed by atoms with Crippen molar-refractivity contribution < 1.29 is 9.53 Å². The van der Waals surface area contributed by atoms with Crippen LogP contribution >= 0.6 is 0 Å². The standard InChI is InChI=1S/C19H21N7O2/c20-13-10-28-6-5-15(13)25-16-9-23-17(18(21)27)19(26-16)24-12-7-11-3-1-2-4-14(11)22-8-12/h1-4,7-9,13,15H,5-6,10,20H2,(H2,21,27)(H2,24,25,26). The van der Waals surface area contributed by atoms with Crippen molar-refractivity contribution >= 4 is 34.1 Å². The number of ether oxygens (including phenoxy) is 1. The van der Waals surface area contributed by atoms with Crippen LogP contribution in [-0.2, 0) is 4.74 Å². The van der Waals surface area contributed by atoms with Crippen LogP contribution < -0.4 is 22.1 Å². The number of nitrogens with zero attached hydrogens (tertiary/aromatic N) is 3. The molecule has 0 spiro atoms. The highest BCUT2D eigenvalue weighted by molar-refractivity contribution is 5.96. The predicted octanol–water partition coefficient (Wildman–Crippen LogP) is 1.40. The molecule has 3 aromatic rings. The van der Waals surface area contributed by atoms with Crippen LogP contribution in [0.3, 0.4) is 0 Å². The van der Waals surface area contributed by atoms with E-state index in [2.05, 4.69) is 25.6 Å². The molecule has 28 heavy (non-hydrogen) atoms. The number of hydrogen-bond donors (Lipinski definition) is 4. The van der Waals surface area contributed by atoms with Gasteiger partial charge in [0.2, 0.25) is 0 Å². The average Bonchev–Trinajstić information content (AvgIpc) is 2.70. The fourth-order valence-corrected chi connectivity index (χ4v) is 3.13. The van der Waals surface area contributed by atoms with E-state index in [0.29, 0.717) is 24.7 Å². The highest BCUT2D eigenvalue weighted by Crippen LogP contribution is 2.23. The van der Waals surface area contributed by atoms with Gasteiger partial charge in [0.1, 0.15) is 5.82 Å². The molecule has 9 heteroatoms. The van der Waals surface area contributed by atoms with E-state index >= 15 is 0 Å². The predicted molar refractivity (Wildman–Crippen MR) is 106 cm³/mol. The number of amides is 1. The van der Waals surface area contributed by atoms with Crippen LogP contribution in [0, 0.1) is 0 Å². The number of anilines is 3. The lowest BCUT2D eigenvalue weighted by Gasteiger charge is -2.29. The van der Waals surface area contributed by atoms with Crippen LogP contribution in [-0.4, -0.2) is 46.2 Å². The first-order valence-corrected chi connectivity index (χ1v) is 8.98. The number of fused-ring (bicyclic) bond motifs is 1. The Hall–Kier alpha value is -3.30. The molecule has 0 radical (unpaired) electrons. The molecule has 3 heterocycles. The number of rotatable bonds is 5. The quantitative estimate of drug-likeness (QED) is 0.521. The number of primary amides is 1. The third-order valence-electron chi connectivity index (χ3n) is 4.59. The van der Waals surface area contributed by atoms with Crippen LogP contribution in [0.1, 0.15) is 16.9 Å². The first kappa shape index (κ1) is 18.1. The number of nitrogens with two attached hydrogens (primary N) is 2. The minimum atomic E-state index is -0.668. The van der Waals surface area contributed by atoms with Crippen LogP contribution in [0.15, 0.2) is 42.7 Å². The van der Waals surface area contributed by atoms with Gasteiger partial charge in [0.15, 0.2) is 11.5 Å². The molecule has 1 fully saturated rings. The maximum atomic E-state index is 11.8. The molecule has 9 nitrogen and oxygen atoms in total. The second-order valence-corrected chi connectivity index (χ2v) is 6.64. The van der Waals surface area contributed by atoms with E-state index in [9.17, 15) is 4.79 Å². The number of nitrogens with one attached hydrogen (secondary N) is 2. The second kappa shape index (κ2) is 7.75. The van der Waals surface area contributed by atoms with Crippen LogP contribution in [0.25, 0.3) is 10.9 Å². The van der Waals surface area contributed by atoms with Crippen molar-refractivity contribution in [2.45, 2.75) is 18.5 Å². The molecular formula is C19H21N7O2. The Morgan fingerprint density at radius 2 is 2.07 bits per heavy atom. The van der Waals surface area contributed by atoms with Crippen LogP contribution in [0.5, 0.6) is 0 Å². The van der Waals surface area contributed by atoms with Gasteiger partial charge in [-0.25, -0.2) is 9.97 Å². The van der Waals surface area contributed by atoms with Gasteiger partial charge in [-0.2, -0.15) is 0 Å². The highest BCUT2D eigenvalue weighted by atomic mass is 16.5. The SMILES string of the molecule is NC(=O)c1ncc(NC2CCOCC2N)nc1Nc1cnc2ccccc2c1. The molecule has 2 atom stereocenters. The zero-order valence-corrected chi connectivity index (χ0v) is 15.1. The van der Waals surface area contributed by atoms with E-state index in [-0.39, 0.29) is 23.6 Å². The first-order valence-electron chi connectivity index (χ1n) is 8.98. The summed E-state index contributed by atoms with van der Waals surface area (Å²) in [5.41, 5.74) is 13.1. The molecule has 0 aliphatic carbocycles. The topological polar surface area (TPSA) is 141 Å². The summed E-state index contributed by atoms with van der Waals surface area (Å²) in [5, 5.41) is 7.33. The maximum Gasteiger partial charge on any atom is 0.271 e. The van der Waals surface area contributed by atoms with E-state index in [0.717, 1.165) is 17.3 Å². The smallest absolute Gasteiger partial charge is 0.271 e. The first-order chi connectivity index (χ1) is 13.6. The van der Waals surface area contributed by atoms with Crippen LogP contribution in [0.4, 0.5) is 17.3 Å². The van der Waals surface area contributed by atoms with Crippen LogP contribution in [0.2, 0.25) is 0 Å².